The van der Waals surface area contributed by atoms with Crippen LogP contribution in [0.15, 0.2) is 12.2 Å². The van der Waals surface area contributed by atoms with Gasteiger partial charge in [-0.1, -0.05) is 6.58 Å². The van der Waals surface area contributed by atoms with Gasteiger partial charge < -0.3 is 10.1 Å². The molecule has 0 aliphatic carbocycles. The molecule has 3 heteroatoms. The number of esters is 1. The van der Waals surface area contributed by atoms with Crippen molar-refractivity contribution < 1.29 is 9.53 Å². The fraction of sp³-hybridized carbons (Fsp3) is 0.625. The number of hydrogen-bond donors (Lipinski definition) is 1. The summed E-state index contributed by atoms with van der Waals surface area (Å²) in [5.74, 6) is -0.289. The predicted octanol–water partition coefficient (Wildman–Crippen LogP) is 0.715. The SMILES string of the molecule is C=C(CCNC)C(=O)OCC. The van der Waals surface area contributed by atoms with Crippen LogP contribution in [0.4, 0.5) is 0 Å². The van der Waals surface area contributed by atoms with E-state index >= 15 is 0 Å². The van der Waals surface area contributed by atoms with Crippen molar-refractivity contribution in [3.63, 3.8) is 0 Å². The molecule has 0 atom stereocenters. The van der Waals surface area contributed by atoms with Gasteiger partial charge in [-0.25, -0.2) is 4.79 Å². The first-order valence-electron chi connectivity index (χ1n) is 3.71. The number of nitrogens with one attached hydrogen (secondary N) is 1. The van der Waals surface area contributed by atoms with E-state index in [0.29, 0.717) is 18.6 Å². The minimum atomic E-state index is -0.289. The van der Waals surface area contributed by atoms with Crippen molar-refractivity contribution in [1.29, 1.82) is 0 Å². The second kappa shape index (κ2) is 5.92. The molecule has 64 valence electrons. The fourth-order valence-corrected chi connectivity index (χ4v) is 0.611. The van der Waals surface area contributed by atoms with Crippen molar-refractivity contribution >= 4 is 5.97 Å². The van der Waals surface area contributed by atoms with Gasteiger partial charge in [-0.2, -0.15) is 0 Å². The third kappa shape index (κ3) is 4.56. The van der Waals surface area contributed by atoms with Crippen LogP contribution < -0.4 is 5.32 Å². The number of hydrogen-bond acceptors (Lipinski definition) is 3. The van der Waals surface area contributed by atoms with Gasteiger partial charge in [0.1, 0.15) is 0 Å². The highest BCUT2D eigenvalue weighted by Gasteiger charge is 2.05. The zero-order chi connectivity index (χ0) is 8.69. The van der Waals surface area contributed by atoms with Crippen molar-refractivity contribution in [2.45, 2.75) is 13.3 Å². The minimum Gasteiger partial charge on any atom is -0.463 e. The van der Waals surface area contributed by atoms with Crippen LogP contribution in [0.1, 0.15) is 13.3 Å². The third-order valence-corrected chi connectivity index (χ3v) is 1.24. The molecule has 1 N–H and O–H groups in total. The number of rotatable bonds is 5. The summed E-state index contributed by atoms with van der Waals surface area (Å²) < 4.78 is 4.73. The Hall–Kier alpha value is -0.830. The number of ether oxygens (including phenoxy) is 1. The fourth-order valence-electron chi connectivity index (χ4n) is 0.611. The van der Waals surface area contributed by atoms with Gasteiger partial charge in [0.05, 0.1) is 6.61 Å². The Morgan fingerprint density at radius 1 is 1.64 bits per heavy atom. The number of carbonyl (C=O) groups excluding carboxylic acids is 1. The van der Waals surface area contributed by atoms with Crippen LogP contribution in [0.25, 0.3) is 0 Å². The zero-order valence-corrected chi connectivity index (χ0v) is 7.14. The quantitative estimate of drug-likeness (QED) is 0.472. The molecule has 0 rings (SSSR count). The first-order chi connectivity index (χ1) is 5.22. The van der Waals surface area contributed by atoms with Crippen molar-refractivity contribution in [2.75, 3.05) is 20.2 Å². The Balaban J connectivity index is 3.56. The van der Waals surface area contributed by atoms with Gasteiger partial charge in [0, 0.05) is 5.57 Å². The van der Waals surface area contributed by atoms with Gasteiger partial charge >= 0.3 is 5.97 Å². The van der Waals surface area contributed by atoms with Gasteiger partial charge in [-0.15, -0.1) is 0 Å². The van der Waals surface area contributed by atoms with E-state index in [0.717, 1.165) is 6.54 Å². The largest absolute Gasteiger partial charge is 0.463 e. The van der Waals surface area contributed by atoms with E-state index in [1.54, 1.807) is 6.92 Å². The maximum absolute atomic E-state index is 10.9. The van der Waals surface area contributed by atoms with E-state index in [1.807, 2.05) is 7.05 Å². The van der Waals surface area contributed by atoms with Gasteiger partial charge in [0.2, 0.25) is 0 Å². The maximum Gasteiger partial charge on any atom is 0.333 e. The summed E-state index contributed by atoms with van der Waals surface area (Å²) in [6.45, 7) is 6.55. The van der Waals surface area contributed by atoms with E-state index in [2.05, 4.69) is 11.9 Å². The number of carbonyl (C=O) groups is 1. The van der Waals surface area contributed by atoms with Crippen molar-refractivity contribution in [1.82, 2.24) is 5.32 Å². The van der Waals surface area contributed by atoms with Gasteiger partial charge in [-0.05, 0) is 26.9 Å². The normalized spacial score (nSPS) is 9.27. The molecule has 0 aromatic carbocycles. The van der Waals surface area contributed by atoms with Gasteiger partial charge in [0.15, 0.2) is 0 Å². The van der Waals surface area contributed by atoms with E-state index in [4.69, 9.17) is 4.74 Å². The van der Waals surface area contributed by atoms with E-state index in [9.17, 15) is 4.79 Å². The van der Waals surface area contributed by atoms with E-state index in [1.165, 1.54) is 0 Å². The molecule has 0 heterocycles. The van der Waals surface area contributed by atoms with Crippen LogP contribution in [0.2, 0.25) is 0 Å². The molecule has 0 unspecified atom stereocenters. The molecule has 11 heavy (non-hydrogen) atoms. The highest BCUT2D eigenvalue weighted by Crippen LogP contribution is 1.98. The summed E-state index contributed by atoms with van der Waals surface area (Å²) in [5.41, 5.74) is 0.529. The van der Waals surface area contributed by atoms with E-state index < -0.39 is 0 Å². The zero-order valence-electron chi connectivity index (χ0n) is 7.14. The van der Waals surface area contributed by atoms with Crippen LogP contribution in [-0.4, -0.2) is 26.2 Å². The van der Waals surface area contributed by atoms with Crippen LogP contribution >= 0.6 is 0 Å². The topological polar surface area (TPSA) is 38.3 Å². The summed E-state index contributed by atoms with van der Waals surface area (Å²) in [7, 11) is 1.83. The van der Waals surface area contributed by atoms with E-state index in [-0.39, 0.29) is 5.97 Å². The highest BCUT2D eigenvalue weighted by molar-refractivity contribution is 5.87. The van der Waals surface area contributed by atoms with Crippen LogP contribution in [0, 0.1) is 0 Å². The summed E-state index contributed by atoms with van der Waals surface area (Å²) in [5, 5.41) is 2.93. The lowest BCUT2D eigenvalue weighted by Crippen LogP contribution is -2.13. The Morgan fingerprint density at radius 2 is 2.27 bits per heavy atom. The minimum absolute atomic E-state index is 0.289. The maximum atomic E-state index is 10.9. The predicted molar refractivity (Wildman–Crippen MR) is 44.3 cm³/mol. The molecule has 0 amide bonds. The monoisotopic (exact) mass is 157 g/mol. The smallest absolute Gasteiger partial charge is 0.333 e. The lowest BCUT2D eigenvalue weighted by molar-refractivity contribution is -0.138. The Bertz CT molecular complexity index is 143. The van der Waals surface area contributed by atoms with Crippen LogP contribution in [0.5, 0.6) is 0 Å². The van der Waals surface area contributed by atoms with Crippen LogP contribution in [-0.2, 0) is 9.53 Å². The van der Waals surface area contributed by atoms with Crippen LogP contribution in [0.3, 0.4) is 0 Å². The average molecular weight is 157 g/mol. The molecule has 0 aliphatic rings. The summed E-state index contributed by atoms with van der Waals surface area (Å²) in [4.78, 5) is 10.9. The Labute approximate surface area is 67.4 Å². The third-order valence-electron chi connectivity index (χ3n) is 1.24. The Kier molecular flexibility index (Phi) is 5.47. The molecular weight excluding hydrogens is 142 g/mol. The average Bonchev–Trinajstić information content (AvgIpc) is 2.00. The molecule has 0 saturated carbocycles. The molecule has 3 nitrogen and oxygen atoms in total. The second-order valence-electron chi connectivity index (χ2n) is 2.18. The summed E-state index contributed by atoms with van der Waals surface area (Å²) >= 11 is 0. The van der Waals surface area contributed by atoms with Crippen molar-refractivity contribution in [3.05, 3.63) is 12.2 Å². The Morgan fingerprint density at radius 3 is 2.73 bits per heavy atom. The molecular formula is C8H15NO2. The molecule has 0 aliphatic heterocycles. The standard InChI is InChI=1S/C8H15NO2/c1-4-11-8(10)7(2)5-6-9-3/h9H,2,4-6H2,1,3H3. The first kappa shape index (κ1) is 10.2. The van der Waals surface area contributed by atoms with Gasteiger partial charge in [0.25, 0.3) is 0 Å². The lowest BCUT2D eigenvalue weighted by Gasteiger charge is -2.03. The van der Waals surface area contributed by atoms with Gasteiger partial charge in [-0.3, -0.25) is 0 Å². The lowest BCUT2D eigenvalue weighted by atomic mass is 10.2. The molecule has 0 radical (unpaired) electrons. The molecule has 0 bridgehead atoms. The highest BCUT2D eigenvalue weighted by atomic mass is 16.5. The van der Waals surface area contributed by atoms with Crippen molar-refractivity contribution in [3.8, 4) is 0 Å². The first-order valence-corrected chi connectivity index (χ1v) is 3.71. The molecule has 0 saturated heterocycles. The molecule has 0 aromatic rings. The second-order valence-corrected chi connectivity index (χ2v) is 2.18. The molecule has 0 fully saturated rings. The molecule has 0 aromatic heterocycles. The molecule has 0 spiro atoms. The van der Waals surface area contributed by atoms with Crippen molar-refractivity contribution in [2.24, 2.45) is 0 Å². The summed E-state index contributed by atoms with van der Waals surface area (Å²) in [6.07, 6.45) is 0.648. The summed E-state index contributed by atoms with van der Waals surface area (Å²) in [6, 6.07) is 0.